The number of rotatable bonds is 2. The summed E-state index contributed by atoms with van der Waals surface area (Å²) in [6.07, 6.45) is 0. The van der Waals surface area contributed by atoms with E-state index in [1.54, 1.807) is 36.4 Å². The van der Waals surface area contributed by atoms with E-state index in [9.17, 15) is 19.5 Å². The van der Waals surface area contributed by atoms with Crippen LogP contribution in [0.2, 0.25) is 0 Å². The molecule has 25 heavy (non-hydrogen) atoms. The molecule has 0 saturated carbocycles. The molecule has 3 aromatic rings. The molecule has 4 rings (SSSR count). The molecule has 6 heteroatoms. The number of carbonyl (C=O) groups excluding carboxylic acids is 2. The normalized spacial score (nSPS) is 13.4. The van der Waals surface area contributed by atoms with E-state index in [1.165, 1.54) is 18.2 Å². The molecular weight excluding hydrogens is 322 g/mol. The highest BCUT2D eigenvalue weighted by Crippen LogP contribution is 2.33. The maximum atomic E-state index is 12.6. The lowest BCUT2D eigenvalue weighted by atomic mass is 10.1. The largest absolute Gasteiger partial charge is 0.507 e. The number of amides is 2. The van der Waals surface area contributed by atoms with Gasteiger partial charge in [0.05, 0.1) is 22.4 Å². The Kier molecular flexibility index (Phi) is 3.08. The number of imide groups is 1. The number of phenolic OH excluding ortho intramolecular Hbond substituents is 1. The highest BCUT2D eigenvalue weighted by Gasteiger charge is 2.37. The fraction of sp³-hybridized carbons (Fsp3) is 0. The van der Waals surface area contributed by atoms with Gasteiger partial charge in [-0.15, -0.1) is 0 Å². The second kappa shape index (κ2) is 5.17. The predicted molar refractivity (Wildman–Crippen MR) is 90.2 cm³/mol. The Morgan fingerprint density at radius 3 is 2.40 bits per heavy atom. The molecule has 0 radical (unpaired) electrons. The summed E-state index contributed by atoms with van der Waals surface area (Å²) in [6.45, 7) is 0. The van der Waals surface area contributed by atoms with Crippen LogP contribution >= 0.6 is 0 Å². The van der Waals surface area contributed by atoms with E-state index in [4.69, 9.17) is 5.11 Å². The minimum atomic E-state index is -1.16. The summed E-state index contributed by atoms with van der Waals surface area (Å²) in [5.41, 5.74) is 0.554. The van der Waals surface area contributed by atoms with Crippen LogP contribution in [0.1, 0.15) is 31.1 Å². The number of anilines is 1. The van der Waals surface area contributed by atoms with Gasteiger partial charge in [-0.1, -0.05) is 12.1 Å². The topological polar surface area (TPSA) is 94.9 Å². The summed E-state index contributed by atoms with van der Waals surface area (Å²) in [5, 5.41) is 20.2. The Hall–Kier alpha value is -3.67. The molecule has 0 spiro atoms. The molecule has 3 aromatic carbocycles. The number of carboxylic acids is 1. The number of benzene rings is 3. The molecule has 2 amide bonds. The molecule has 0 aromatic heterocycles. The highest BCUT2D eigenvalue weighted by atomic mass is 16.4. The first kappa shape index (κ1) is 14.9. The molecular formula is C19H11NO5. The number of nitrogens with zero attached hydrogens (tertiary/aromatic N) is 1. The second-order valence-corrected chi connectivity index (χ2v) is 5.69. The van der Waals surface area contributed by atoms with E-state index in [1.807, 2.05) is 0 Å². The fourth-order valence-electron chi connectivity index (χ4n) is 3.00. The molecule has 0 fully saturated rings. The lowest BCUT2D eigenvalue weighted by Gasteiger charge is -2.14. The summed E-state index contributed by atoms with van der Waals surface area (Å²) >= 11 is 0. The van der Waals surface area contributed by atoms with E-state index in [0.717, 1.165) is 4.90 Å². The van der Waals surface area contributed by atoms with Gasteiger partial charge in [-0.05, 0) is 47.9 Å². The molecule has 2 N–H and O–H groups in total. The quantitative estimate of drug-likeness (QED) is 0.703. The molecule has 0 unspecified atom stereocenters. The molecule has 122 valence electrons. The summed E-state index contributed by atoms with van der Waals surface area (Å²) in [5.74, 6) is -2.13. The molecule has 6 nitrogen and oxygen atoms in total. The average Bonchev–Trinajstić information content (AvgIpc) is 2.85. The van der Waals surface area contributed by atoms with Gasteiger partial charge in [0, 0.05) is 5.39 Å². The zero-order valence-corrected chi connectivity index (χ0v) is 12.8. The maximum absolute atomic E-state index is 12.6. The van der Waals surface area contributed by atoms with E-state index in [0.29, 0.717) is 16.5 Å². The number of carbonyl (C=O) groups is 3. The standard InChI is InChI=1S/C19H11NO5/c21-16-3-1-2-10-8-12(5-7-13(10)16)20-17(22)14-6-4-11(19(24)25)9-15(14)18(20)23/h1-9,21H,(H,24,25). The third kappa shape index (κ3) is 2.15. The minimum absolute atomic E-state index is 0.0508. The number of carboxylic acid groups (broad SMARTS) is 1. The molecule has 1 aliphatic rings. The van der Waals surface area contributed by atoms with E-state index < -0.39 is 17.8 Å². The zero-order valence-electron chi connectivity index (χ0n) is 12.8. The molecule has 1 aliphatic heterocycles. The van der Waals surface area contributed by atoms with E-state index >= 15 is 0 Å². The Morgan fingerprint density at radius 1 is 0.880 bits per heavy atom. The van der Waals surface area contributed by atoms with Crippen molar-refractivity contribution >= 4 is 34.2 Å². The minimum Gasteiger partial charge on any atom is -0.507 e. The number of fused-ring (bicyclic) bond motifs is 2. The van der Waals surface area contributed by atoms with Crippen LogP contribution in [-0.2, 0) is 0 Å². The van der Waals surface area contributed by atoms with Crippen LogP contribution in [-0.4, -0.2) is 28.0 Å². The van der Waals surface area contributed by atoms with Crippen LogP contribution in [0.15, 0.2) is 54.6 Å². The van der Waals surface area contributed by atoms with Gasteiger partial charge in [-0.3, -0.25) is 9.59 Å². The fourth-order valence-corrected chi connectivity index (χ4v) is 3.00. The third-order valence-corrected chi connectivity index (χ3v) is 4.23. The molecule has 1 heterocycles. The van der Waals surface area contributed by atoms with Gasteiger partial charge in [0.1, 0.15) is 5.75 Å². The van der Waals surface area contributed by atoms with Crippen LogP contribution in [0.4, 0.5) is 5.69 Å². The van der Waals surface area contributed by atoms with Crippen molar-refractivity contribution in [2.75, 3.05) is 4.90 Å². The number of hydrogen-bond donors (Lipinski definition) is 2. The summed E-state index contributed by atoms with van der Waals surface area (Å²) in [4.78, 5) is 37.3. The highest BCUT2D eigenvalue weighted by molar-refractivity contribution is 6.35. The summed E-state index contributed by atoms with van der Waals surface area (Å²) in [7, 11) is 0. The van der Waals surface area contributed by atoms with Crippen molar-refractivity contribution in [3.63, 3.8) is 0 Å². The van der Waals surface area contributed by atoms with Gasteiger partial charge in [0.15, 0.2) is 0 Å². The van der Waals surface area contributed by atoms with Crippen LogP contribution in [0.25, 0.3) is 10.8 Å². The number of phenols is 1. The molecule has 0 bridgehead atoms. The van der Waals surface area contributed by atoms with E-state index in [2.05, 4.69) is 0 Å². The Balaban J connectivity index is 1.83. The molecule has 0 atom stereocenters. The van der Waals surface area contributed by atoms with Gasteiger partial charge in [0.2, 0.25) is 0 Å². The lowest BCUT2D eigenvalue weighted by molar-refractivity contribution is 0.0696. The van der Waals surface area contributed by atoms with Crippen LogP contribution in [0.5, 0.6) is 5.75 Å². The maximum Gasteiger partial charge on any atom is 0.335 e. The Labute approximate surface area is 141 Å². The van der Waals surface area contributed by atoms with Crippen molar-refractivity contribution in [2.24, 2.45) is 0 Å². The first-order valence-electron chi connectivity index (χ1n) is 7.45. The smallest absolute Gasteiger partial charge is 0.335 e. The molecule has 0 saturated heterocycles. The zero-order chi connectivity index (χ0) is 17.7. The van der Waals surface area contributed by atoms with Crippen molar-refractivity contribution < 1.29 is 24.6 Å². The average molecular weight is 333 g/mol. The van der Waals surface area contributed by atoms with Crippen molar-refractivity contribution in [2.45, 2.75) is 0 Å². The van der Waals surface area contributed by atoms with Gasteiger partial charge in [-0.25, -0.2) is 9.69 Å². The monoisotopic (exact) mass is 333 g/mol. The Bertz CT molecular complexity index is 1090. The lowest BCUT2D eigenvalue weighted by Crippen LogP contribution is -2.29. The van der Waals surface area contributed by atoms with Gasteiger partial charge < -0.3 is 10.2 Å². The molecule has 0 aliphatic carbocycles. The Morgan fingerprint density at radius 2 is 1.64 bits per heavy atom. The summed E-state index contributed by atoms with van der Waals surface area (Å²) < 4.78 is 0. The predicted octanol–water partition coefficient (Wildman–Crippen LogP) is 3.04. The second-order valence-electron chi connectivity index (χ2n) is 5.69. The van der Waals surface area contributed by atoms with Crippen LogP contribution < -0.4 is 4.90 Å². The van der Waals surface area contributed by atoms with Gasteiger partial charge in [-0.2, -0.15) is 0 Å². The van der Waals surface area contributed by atoms with Crippen molar-refractivity contribution in [3.8, 4) is 5.75 Å². The first-order chi connectivity index (χ1) is 12.0. The number of hydrogen-bond acceptors (Lipinski definition) is 4. The number of aromatic carboxylic acids is 1. The third-order valence-electron chi connectivity index (χ3n) is 4.23. The van der Waals surface area contributed by atoms with Crippen LogP contribution in [0, 0.1) is 0 Å². The van der Waals surface area contributed by atoms with Gasteiger partial charge >= 0.3 is 5.97 Å². The van der Waals surface area contributed by atoms with Crippen LogP contribution in [0.3, 0.4) is 0 Å². The van der Waals surface area contributed by atoms with Crippen molar-refractivity contribution in [1.29, 1.82) is 0 Å². The SMILES string of the molecule is O=C(O)c1ccc2c(c1)C(=O)N(c1ccc3c(O)cccc3c1)C2=O. The number of aromatic hydroxyl groups is 1. The van der Waals surface area contributed by atoms with Crippen molar-refractivity contribution in [3.05, 3.63) is 71.3 Å². The summed E-state index contributed by atoms with van der Waals surface area (Å²) in [6, 6.07) is 13.7. The van der Waals surface area contributed by atoms with E-state index in [-0.39, 0.29) is 22.4 Å². The first-order valence-corrected chi connectivity index (χ1v) is 7.45. The van der Waals surface area contributed by atoms with Crippen molar-refractivity contribution in [1.82, 2.24) is 0 Å². The van der Waals surface area contributed by atoms with Gasteiger partial charge in [0.25, 0.3) is 11.8 Å².